The number of aryl methyl sites for hydroxylation is 1. The third kappa shape index (κ3) is 6.49. The molecule has 21 heavy (non-hydrogen) atoms. The molecule has 3 nitrogen and oxygen atoms in total. The molecule has 1 atom stereocenters. The van der Waals surface area contributed by atoms with E-state index in [0.29, 0.717) is 12.5 Å². The third-order valence-corrected chi connectivity index (χ3v) is 3.39. The number of nitrogens with one attached hydrogen (secondary N) is 1. The Kier molecular flexibility index (Phi) is 6.69. The highest BCUT2D eigenvalue weighted by Gasteiger charge is 2.17. The molecule has 0 fully saturated rings. The zero-order chi connectivity index (χ0) is 16.0. The van der Waals surface area contributed by atoms with Gasteiger partial charge in [0.2, 0.25) is 0 Å². The maximum absolute atomic E-state index is 6.18. The van der Waals surface area contributed by atoms with Gasteiger partial charge in [-0.05, 0) is 50.8 Å². The van der Waals surface area contributed by atoms with Gasteiger partial charge < -0.3 is 14.8 Å². The molecule has 3 heteroatoms. The van der Waals surface area contributed by atoms with Gasteiger partial charge in [-0.2, -0.15) is 0 Å². The van der Waals surface area contributed by atoms with Crippen LogP contribution in [-0.4, -0.2) is 31.9 Å². The molecular formula is C18H31NO2. The Morgan fingerprint density at radius 3 is 2.38 bits per heavy atom. The second-order valence-corrected chi connectivity index (χ2v) is 7.01. The molecular weight excluding hydrogens is 262 g/mol. The summed E-state index contributed by atoms with van der Waals surface area (Å²) in [7, 11) is 1.71. The van der Waals surface area contributed by atoms with Crippen molar-refractivity contribution in [3.63, 3.8) is 0 Å². The molecule has 0 bridgehead atoms. The highest BCUT2D eigenvalue weighted by molar-refractivity contribution is 5.38. The fourth-order valence-corrected chi connectivity index (χ4v) is 2.02. The van der Waals surface area contributed by atoms with E-state index in [1.807, 2.05) is 0 Å². The van der Waals surface area contributed by atoms with Crippen LogP contribution < -0.4 is 10.1 Å². The number of ether oxygens (including phenoxy) is 2. The van der Waals surface area contributed by atoms with Crippen molar-refractivity contribution in [2.45, 2.75) is 59.1 Å². The van der Waals surface area contributed by atoms with Crippen molar-refractivity contribution in [2.75, 3.05) is 20.3 Å². The summed E-state index contributed by atoms with van der Waals surface area (Å²) >= 11 is 0. The lowest BCUT2D eigenvalue weighted by atomic mass is 10.0. The topological polar surface area (TPSA) is 30.5 Å². The van der Waals surface area contributed by atoms with Gasteiger partial charge in [0.15, 0.2) is 0 Å². The Bertz CT molecular complexity index is 435. The van der Waals surface area contributed by atoms with Crippen LogP contribution in [0.3, 0.4) is 0 Å². The summed E-state index contributed by atoms with van der Waals surface area (Å²) in [5.74, 6) is 1.46. The predicted octanol–water partition coefficient (Wildman–Crippen LogP) is 3.90. The minimum Gasteiger partial charge on any atom is -0.486 e. The van der Waals surface area contributed by atoms with Crippen LogP contribution in [-0.2, 0) is 4.74 Å². The first-order valence-electron chi connectivity index (χ1n) is 7.74. The zero-order valence-corrected chi connectivity index (χ0v) is 14.6. The number of hydrogen-bond donors (Lipinski definition) is 1. The molecule has 0 aliphatic rings. The molecule has 0 saturated carbocycles. The van der Waals surface area contributed by atoms with E-state index in [4.69, 9.17) is 9.47 Å². The van der Waals surface area contributed by atoms with Crippen molar-refractivity contribution in [2.24, 2.45) is 0 Å². The fraction of sp³-hybridized carbons (Fsp3) is 0.667. The van der Waals surface area contributed by atoms with E-state index in [9.17, 15) is 0 Å². The summed E-state index contributed by atoms with van der Waals surface area (Å²) in [6.07, 6.45) is 0.00957. The lowest BCUT2D eigenvalue weighted by molar-refractivity contribution is 0.0760. The van der Waals surface area contributed by atoms with Gasteiger partial charge >= 0.3 is 0 Å². The molecule has 1 aromatic carbocycles. The van der Waals surface area contributed by atoms with Gasteiger partial charge in [0.25, 0.3) is 0 Å². The molecule has 0 amide bonds. The van der Waals surface area contributed by atoms with Crippen LogP contribution in [0.5, 0.6) is 5.75 Å². The second-order valence-electron chi connectivity index (χ2n) is 7.01. The quantitative estimate of drug-likeness (QED) is 0.827. The predicted molar refractivity (Wildman–Crippen MR) is 89.3 cm³/mol. The van der Waals surface area contributed by atoms with Gasteiger partial charge in [-0.15, -0.1) is 0 Å². The SMILES string of the molecule is COCC(CNC(C)(C)C)Oc1cc(C(C)C)ccc1C. The van der Waals surface area contributed by atoms with Crippen LogP contribution in [0.15, 0.2) is 18.2 Å². The summed E-state index contributed by atoms with van der Waals surface area (Å²) < 4.78 is 11.5. The molecule has 120 valence electrons. The molecule has 1 unspecified atom stereocenters. The van der Waals surface area contributed by atoms with Crippen molar-refractivity contribution in [1.29, 1.82) is 0 Å². The van der Waals surface area contributed by atoms with Crippen molar-refractivity contribution < 1.29 is 9.47 Å². The first kappa shape index (κ1) is 18.0. The molecule has 0 aliphatic carbocycles. The van der Waals surface area contributed by atoms with Crippen molar-refractivity contribution in [3.8, 4) is 5.75 Å². The molecule has 1 rings (SSSR count). The lowest BCUT2D eigenvalue weighted by Gasteiger charge is -2.26. The average Bonchev–Trinajstić information content (AvgIpc) is 2.37. The van der Waals surface area contributed by atoms with Gasteiger partial charge in [0, 0.05) is 19.2 Å². The Labute approximate surface area is 130 Å². The normalized spacial score (nSPS) is 13.5. The smallest absolute Gasteiger partial charge is 0.134 e. The number of benzene rings is 1. The minimum atomic E-state index is 0.00957. The second kappa shape index (κ2) is 7.81. The van der Waals surface area contributed by atoms with Crippen molar-refractivity contribution in [1.82, 2.24) is 5.32 Å². The van der Waals surface area contributed by atoms with Gasteiger partial charge in [0.1, 0.15) is 11.9 Å². The Morgan fingerprint density at radius 1 is 1.19 bits per heavy atom. The first-order chi connectivity index (χ1) is 9.73. The summed E-state index contributed by atoms with van der Waals surface area (Å²) in [4.78, 5) is 0. The summed E-state index contributed by atoms with van der Waals surface area (Å²) in [5, 5.41) is 3.48. The third-order valence-electron chi connectivity index (χ3n) is 3.39. The van der Waals surface area contributed by atoms with E-state index in [-0.39, 0.29) is 11.6 Å². The van der Waals surface area contributed by atoms with E-state index in [1.165, 1.54) is 5.56 Å². The van der Waals surface area contributed by atoms with Gasteiger partial charge in [0.05, 0.1) is 6.61 Å². The summed E-state index contributed by atoms with van der Waals surface area (Å²) in [6, 6.07) is 6.46. The van der Waals surface area contributed by atoms with E-state index in [2.05, 4.69) is 65.1 Å². The van der Waals surface area contributed by atoms with E-state index in [1.54, 1.807) is 7.11 Å². The molecule has 0 saturated heterocycles. The average molecular weight is 293 g/mol. The monoisotopic (exact) mass is 293 g/mol. The van der Waals surface area contributed by atoms with Gasteiger partial charge in [-0.3, -0.25) is 0 Å². The lowest BCUT2D eigenvalue weighted by Crippen LogP contribution is -2.44. The van der Waals surface area contributed by atoms with Crippen LogP contribution in [0, 0.1) is 6.92 Å². The molecule has 0 aromatic heterocycles. The fourth-order valence-electron chi connectivity index (χ4n) is 2.02. The molecule has 1 N–H and O–H groups in total. The number of rotatable bonds is 7. The van der Waals surface area contributed by atoms with E-state index < -0.39 is 0 Å². The molecule has 0 heterocycles. The Morgan fingerprint density at radius 2 is 1.86 bits per heavy atom. The summed E-state index contributed by atoms with van der Waals surface area (Å²) in [5.41, 5.74) is 2.54. The highest BCUT2D eigenvalue weighted by atomic mass is 16.5. The Hall–Kier alpha value is -1.06. The van der Waals surface area contributed by atoms with Crippen LogP contribution in [0.25, 0.3) is 0 Å². The van der Waals surface area contributed by atoms with Crippen LogP contribution in [0.4, 0.5) is 0 Å². The maximum Gasteiger partial charge on any atom is 0.134 e. The standard InChI is InChI=1S/C18H31NO2/c1-13(2)15-9-8-14(3)17(10-15)21-16(12-20-7)11-19-18(4,5)6/h8-10,13,16,19H,11-12H2,1-7H3. The van der Waals surface area contributed by atoms with Crippen molar-refractivity contribution >= 4 is 0 Å². The zero-order valence-electron chi connectivity index (χ0n) is 14.6. The van der Waals surface area contributed by atoms with Crippen molar-refractivity contribution in [3.05, 3.63) is 29.3 Å². The largest absolute Gasteiger partial charge is 0.486 e. The molecule has 1 aromatic rings. The molecule has 0 spiro atoms. The highest BCUT2D eigenvalue weighted by Crippen LogP contribution is 2.25. The first-order valence-corrected chi connectivity index (χ1v) is 7.74. The van der Waals surface area contributed by atoms with E-state index in [0.717, 1.165) is 17.9 Å². The van der Waals surface area contributed by atoms with Crippen LogP contribution in [0.1, 0.15) is 51.7 Å². The van der Waals surface area contributed by atoms with Gasteiger partial charge in [-0.25, -0.2) is 0 Å². The number of methoxy groups -OCH3 is 1. The van der Waals surface area contributed by atoms with E-state index >= 15 is 0 Å². The minimum absolute atomic E-state index is 0.00957. The maximum atomic E-state index is 6.18. The summed E-state index contributed by atoms with van der Waals surface area (Å²) in [6.45, 7) is 14.3. The Balaban J connectivity index is 2.80. The molecule has 0 aliphatic heterocycles. The van der Waals surface area contributed by atoms with Crippen LogP contribution >= 0.6 is 0 Å². The molecule has 0 radical (unpaired) electrons. The number of hydrogen-bond acceptors (Lipinski definition) is 3. The van der Waals surface area contributed by atoms with Crippen LogP contribution in [0.2, 0.25) is 0 Å². The van der Waals surface area contributed by atoms with Gasteiger partial charge in [-0.1, -0.05) is 26.0 Å².